The van der Waals surface area contributed by atoms with Gasteiger partial charge in [-0.25, -0.2) is 4.98 Å². The van der Waals surface area contributed by atoms with Crippen LogP contribution < -0.4 is 4.90 Å². The number of methoxy groups -OCH3 is 1. The zero-order valence-electron chi connectivity index (χ0n) is 14.8. The average Bonchev–Trinajstić information content (AvgIpc) is 3.32. The molecule has 2 atom stereocenters. The SMILES string of the molecule is COC[C@@H]1CN(c2nc3c(cc2C#N)CCC3)C[C@H]1c1cnn(C)c1. The second-order valence-corrected chi connectivity index (χ2v) is 7.10. The Hall–Kier alpha value is -2.39. The van der Waals surface area contributed by atoms with Crippen LogP contribution in [0.25, 0.3) is 0 Å². The van der Waals surface area contributed by atoms with E-state index in [1.807, 2.05) is 24.0 Å². The number of nitrogens with zero attached hydrogens (tertiary/aromatic N) is 5. The zero-order valence-corrected chi connectivity index (χ0v) is 14.8. The molecule has 130 valence electrons. The van der Waals surface area contributed by atoms with Crippen LogP contribution in [-0.4, -0.2) is 41.6 Å². The third kappa shape index (κ3) is 2.89. The number of ether oxygens (including phenoxy) is 1. The van der Waals surface area contributed by atoms with Gasteiger partial charge in [0, 0.05) is 51.0 Å². The molecular formula is C19H23N5O. The summed E-state index contributed by atoms with van der Waals surface area (Å²) in [5.41, 5.74) is 4.34. The average molecular weight is 337 g/mol. The van der Waals surface area contributed by atoms with Gasteiger partial charge in [-0.2, -0.15) is 10.4 Å². The van der Waals surface area contributed by atoms with Crippen molar-refractivity contribution < 1.29 is 4.74 Å². The van der Waals surface area contributed by atoms with Crippen molar-refractivity contribution in [1.82, 2.24) is 14.8 Å². The van der Waals surface area contributed by atoms with Gasteiger partial charge in [0.05, 0.1) is 18.4 Å². The lowest BCUT2D eigenvalue weighted by Crippen LogP contribution is -2.23. The Balaban J connectivity index is 1.66. The lowest BCUT2D eigenvalue weighted by Gasteiger charge is -2.20. The lowest BCUT2D eigenvalue weighted by molar-refractivity contribution is 0.153. The molecule has 0 bridgehead atoms. The number of pyridine rings is 1. The van der Waals surface area contributed by atoms with Crippen molar-refractivity contribution >= 4 is 5.82 Å². The standard InChI is InChI=1S/C19H23N5O/c1-23-9-15(8-21-23)17-11-24(10-16(17)12-25-2)19-14(7-20)6-13-4-3-5-18(13)22-19/h6,8-9,16-17H,3-5,10-12H2,1-2H3/t16-,17-/m0/s1. The van der Waals surface area contributed by atoms with E-state index in [1.54, 1.807) is 7.11 Å². The zero-order chi connectivity index (χ0) is 17.4. The van der Waals surface area contributed by atoms with Crippen molar-refractivity contribution in [2.24, 2.45) is 13.0 Å². The van der Waals surface area contributed by atoms with Gasteiger partial charge in [-0.3, -0.25) is 4.68 Å². The molecule has 0 N–H and O–H groups in total. The molecule has 1 aliphatic heterocycles. The minimum absolute atomic E-state index is 0.343. The summed E-state index contributed by atoms with van der Waals surface area (Å²) in [5, 5.41) is 13.9. The molecule has 2 aliphatic rings. The predicted molar refractivity (Wildman–Crippen MR) is 94.5 cm³/mol. The Morgan fingerprint density at radius 1 is 1.36 bits per heavy atom. The first-order valence-electron chi connectivity index (χ1n) is 8.85. The maximum absolute atomic E-state index is 9.61. The van der Waals surface area contributed by atoms with E-state index in [4.69, 9.17) is 9.72 Å². The second kappa shape index (κ2) is 6.49. The van der Waals surface area contributed by atoms with Crippen LogP contribution in [0.3, 0.4) is 0 Å². The van der Waals surface area contributed by atoms with Gasteiger partial charge in [0.15, 0.2) is 0 Å². The van der Waals surface area contributed by atoms with Gasteiger partial charge in [-0.15, -0.1) is 0 Å². The van der Waals surface area contributed by atoms with Crippen LogP contribution in [0.2, 0.25) is 0 Å². The number of nitriles is 1. The van der Waals surface area contributed by atoms with Crippen LogP contribution in [0.5, 0.6) is 0 Å². The molecule has 0 radical (unpaired) electrons. The molecule has 6 heteroatoms. The minimum Gasteiger partial charge on any atom is -0.384 e. The van der Waals surface area contributed by atoms with E-state index in [0.29, 0.717) is 24.0 Å². The van der Waals surface area contributed by atoms with Crippen LogP contribution in [0, 0.1) is 17.2 Å². The van der Waals surface area contributed by atoms with Gasteiger partial charge in [0.25, 0.3) is 0 Å². The highest BCUT2D eigenvalue weighted by Crippen LogP contribution is 2.37. The summed E-state index contributed by atoms with van der Waals surface area (Å²) in [5.74, 6) is 1.56. The Kier molecular flexibility index (Phi) is 4.18. The summed E-state index contributed by atoms with van der Waals surface area (Å²) in [6.45, 7) is 2.40. The Labute approximate surface area is 148 Å². The third-order valence-corrected chi connectivity index (χ3v) is 5.43. The summed E-state index contributed by atoms with van der Waals surface area (Å²) in [6, 6.07) is 4.40. The van der Waals surface area contributed by atoms with E-state index in [2.05, 4.69) is 22.3 Å². The van der Waals surface area contributed by atoms with Crippen molar-refractivity contribution in [2.75, 3.05) is 31.7 Å². The maximum Gasteiger partial charge on any atom is 0.146 e. The first-order chi connectivity index (χ1) is 12.2. The normalized spacial score (nSPS) is 22.2. The van der Waals surface area contributed by atoms with Gasteiger partial charge < -0.3 is 9.64 Å². The summed E-state index contributed by atoms with van der Waals surface area (Å²) in [7, 11) is 3.69. The molecular weight excluding hydrogens is 314 g/mol. The molecule has 2 aromatic heterocycles. The van der Waals surface area contributed by atoms with E-state index in [1.165, 1.54) is 16.8 Å². The molecule has 6 nitrogen and oxygen atoms in total. The molecule has 0 spiro atoms. The predicted octanol–water partition coefficient (Wildman–Crippen LogP) is 2.04. The van der Waals surface area contributed by atoms with Crippen molar-refractivity contribution in [3.05, 3.63) is 40.8 Å². The molecule has 1 fully saturated rings. The fourth-order valence-corrected chi connectivity index (χ4v) is 4.22. The van der Waals surface area contributed by atoms with Crippen molar-refractivity contribution in [3.8, 4) is 6.07 Å². The van der Waals surface area contributed by atoms with Crippen LogP contribution in [0.4, 0.5) is 5.82 Å². The Morgan fingerprint density at radius 3 is 2.96 bits per heavy atom. The molecule has 25 heavy (non-hydrogen) atoms. The van der Waals surface area contributed by atoms with Crippen molar-refractivity contribution in [1.29, 1.82) is 5.26 Å². The number of hydrogen-bond acceptors (Lipinski definition) is 5. The highest BCUT2D eigenvalue weighted by atomic mass is 16.5. The molecule has 3 heterocycles. The molecule has 2 aromatic rings. The van der Waals surface area contributed by atoms with Crippen molar-refractivity contribution in [3.63, 3.8) is 0 Å². The van der Waals surface area contributed by atoms with Gasteiger partial charge in [0.1, 0.15) is 11.9 Å². The summed E-state index contributed by atoms with van der Waals surface area (Å²) in [6.07, 6.45) is 7.23. The molecule has 1 saturated heterocycles. The van der Waals surface area contributed by atoms with Gasteiger partial charge in [-0.05, 0) is 36.5 Å². The second-order valence-electron chi connectivity index (χ2n) is 7.10. The van der Waals surface area contributed by atoms with E-state index < -0.39 is 0 Å². The first kappa shape index (κ1) is 16.1. The molecule has 0 amide bonds. The van der Waals surface area contributed by atoms with E-state index in [-0.39, 0.29) is 0 Å². The summed E-state index contributed by atoms with van der Waals surface area (Å²) < 4.78 is 7.30. The smallest absolute Gasteiger partial charge is 0.146 e. The summed E-state index contributed by atoms with van der Waals surface area (Å²) >= 11 is 0. The lowest BCUT2D eigenvalue weighted by atomic mass is 9.92. The maximum atomic E-state index is 9.61. The number of anilines is 1. The number of aromatic nitrogens is 3. The summed E-state index contributed by atoms with van der Waals surface area (Å²) in [4.78, 5) is 7.14. The highest BCUT2D eigenvalue weighted by Gasteiger charge is 2.36. The fourth-order valence-electron chi connectivity index (χ4n) is 4.22. The highest BCUT2D eigenvalue weighted by molar-refractivity contribution is 5.58. The van der Waals surface area contributed by atoms with Crippen molar-refractivity contribution in [2.45, 2.75) is 25.2 Å². The largest absolute Gasteiger partial charge is 0.384 e. The minimum atomic E-state index is 0.343. The molecule has 1 aliphatic carbocycles. The monoisotopic (exact) mass is 337 g/mol. The number of rotatable bonds is 4. The van der Waals surface area contributed by atoms with Crippen LogP contribution >= 0.6 is 0 Å². The first-order valence-corrected chi connectivity index (χ1v) is 8.85. The van der Waals surface area contributed by atoms with Gasteiger partial charge >= 0.3 is 0 Å². The van der Waals surface area contributed by atoms with Crippen LogP contribution in [0.15, 0.2) is 18.5 Å². The number of aryl methyl sites for hydroxylation is 3. The Bertz CT molecular complexity index is 822. The fraction of sp³-hybridized carbons (Fsp3) is 0.526. The van der Waals surface area contributed by atoms with E-state index in [0.717, 1.165) is 38.2 Å². The third-order valence-electron chi connectivity index (χ3n) is 5.43. The number of hydrogen-bond donors (Lipinski definition) is 0. The Morgan fingerprint density at radius 2 is 2.24 bits per heavy atom. The molecule has 4 rings (SSSR count). The van der Waals surface area contributed by atoms with Crippen LogP contribution in [-0.2, 0) is 24.6 Å². The van der Waals surface area contributed by atoms with E-state index in [9.17, 15) is 5.26 Å². The van der Waals surface area contributed by atoms with Gasteiger partial charge in [-0.1, -0.05) is 0 Å². The molecule has 0 unspecified atom stereocenters. The molecule has 0 aromatic carbocycles. The van der Waals surface area contributed by atoms with Crippen LogP contribution in [0.1, 0.15) is 34.7 Å². The van der Waals surface area contributed by atoms with E-state index >= 15 is 0 Å². The topological polar surface area (TPSA) is 67.0 Å². The molecule has 0 saturated carbocycles. The number of fused-ring (bicyclic) bond motifs is 1. The quantitative estimate of drug-likeness (QED) is 0.854. The van der Waals surface area contributed by atoms with Gasteiger partial charge in [0.2, 0.25) is 0 Å².